The second-order valence-corrected chi connectivity index (χ2v) is 14.9. The summed E-state index contributed by atoms with van der Waals surface area (Å²) in [7, 11) is -4.34. The van der Waals surface area contributed by atoms with E-state index in [1.165, 1.54) is 18.5 Å². The third-order valence-corrected chi connectivity index (χ3v) is 11.5. The second kappa shape index (κ2) is 17.5. The Bertz CT molecular complexity index is 1500. The summed E-state index contributed by atoms with van der Waals surface area (Å²) in [5.74, 6) is -1.90. The van der Waals surface area contributed by atoms with Gasteiger partial charge in [-0.05, 0) is 56.2 Å². The number of carboxylic acids is 1. The zero-order valence-corrected chi connectivity index (χ0v) is 27.7. The molecule has 3 aliphatic heterocycles. The summed E-state index contributed by atoms with van der Waals surface area (Å²) in [4.78, 5) is 33.3. The quantitative estimate of drug-likeness (QED) is 0.371. The molecular weight excluding hydrogens is 638 g/mol. The fourth-order valence-electron chi connectivity index (χ4n) is 5.53. The van der Waals surface area contributed by atoms with Gasteiger partial charge < -0.3 is 19.9 Å². The fraction of sp³-hybridized carbons (Fsp3) is 0.516. The van der Waals surface area contributed by atoms with Crippen molar-refractivity contribution >= 4 is 38.0 Å². The van der Waals surface area contributed by atoms with Crippen molar-refractivity contribution < 1.29 is 45.8 Å². The smallest absolute Gasteiger partial charge is 0.324 e. The molecule has 3 atom stereocenters. The first kappa shape index (κ1) is 37.1. The number of esters is 2. The van der Waals surface area contributed by atoms with Crippen LogP contribution in [0.3, 0.4) is 0 Å². The van der Waals surface area contributed by atoms with E-state index in [-0.39, 0.29) is 23.5 Å². The van der Waals surface area contributed by atoms with Crippen LogP contribution in [0.15, 0.2) is 60.7 Å². The highest BCUT2D eigenvalue weighted by Crippen LogP contribution is 2.25. The Hall–Kier alpha value is -3.37. The molecule has 0 spiro atoms. The molecule has 3 fully saturated rings. The molecule has 46 heavy (non-hydrogen) atoms. The maximum Gasteiger partial charge on any atom is 0.324 e. The maximum atomic E-state index is 12.4. The van der Waals surface area contributed by atoms with Crippen molar-refractivity contribution in [2.45, 2.75) is 68.2 Å². The number of benzene rings is 2. The topological polar surface area (TPSA) is 177 Å². The molecule has 3 heterocycles. The number of ether oxygens (including phenoxy) is 2. The molecule has 15 heteroatoms. The Morgan fingerprint density at radius 3 is 1.59 bits per heavy atom. The zero-order valence-electron chi connectivity index (χ0n) is 26.1. The van der Waals surface area contributed by atoms with Gasteiger partial charge in [-0.1, -0.05) is 60.7 Å². The minimum atomic E-state index is -3.55. The van der Waals surface area contributed by atoms with Gasteiger partial charge in [0, 0.05) is 13.1 Å². The second-order valence-electron chi connectivity index (χ2n) is 11.1. The highest BCUT2D eigenvalue weighted by molar-refractivity contribution is 7.88. The summed E-state index contributed by atoms with van der Waals surface area (Å²) >= 11 is 0. The lowest BCUT2D eigenvalue weighted by Crippen LogP contribution is -2.41. The molecule has 2 aromatic carbocycles. The Kier molecular flexibility index (Phi) is 14.1. The molecule has 5 rings (SSSR count). The molecular formula is C31H43N3O10S2. The molecule has 2 N–H and O–H groups in total. The van der Waals surface area contributed by atoms with E-state index in [9.17, 15) is 31.2 Å². The number of carbonyl (C=O) groups is 3. The molecule has 3 aliphatic rings. The molecule has 13 nitrogen and oxygen atoms in total. The predicted octanol–water partition coefficient (Wildman–Crippen LogP) is 2.13. The van der Waals surface area contributed by atoms with Gasteiger partial charge in [-0.3, -0.25) is 14.4 Å². The van der Waals surface area contributed by atoms with Gasteiger partial charge in [0.2, 0.25) is 20.0 Å². The molecule has 2 aromatic rings. The number of hydrogen-bond donors (Lipinski definition) is 2. The van der Waals surface area contributed by atoms with Gasteiger partial charge in [-0.25, -0.2) is 16.8 Å². The minimum Gasteiger partial charge on any atom is -0.480 e. The largest absolute Gasteiger partial charge is 0.480 e. The summed E-state index contributed by atoms with van der Waals surface area (Å²) in [5.41, 5.74) is 1.39. The van der Waals surface area contributed by atoms with Crippen LogP contribution >= 0.6 is 0 Å². The van der Waals surface area contributed by atoms with Gasteiger partial charge in [-0.2, -0.15) is 8.61 Å². The lowest BCUT2D eigenvalue weighted by Gasteiger charge is -2.22. The van der Waals surface area contributed by atoms with Gasteiger partial charge in [0.25, 0.3) is 0 Å². The number of aliphatic carboxylic acids is 1. The number of nitrogens with one attached hydrogen (secondary N) is 1. The van der Waals surface area contributed by atoms with Crippen LogP contribution in [0.4, 0.5) is 0 Å². The lowest BCUT2D eigenvalue weighted by molar-refractivity contribution is -0.144. The van der Waals surface area contributed by atoms with Crippen LogP contribution in [-0.4, -0.2) is 100 Å². The van der Waals surface area contributed by atoms with Crippen LogP contribution in [0.25, 0.3) is 0 Å². The summed E-state index contributed by atoms with van der Waals surface area (Å²) in [6.45, 7) is 1.63. The SMILES string of the molecule is COC(=O)C1CCCN1.COC(=O)C1CCCN1S(=O)(=O)Cc1ccccc1.O=C(O)C1CCCN1S(=O)(=O)Cc1ccccc1. The van der Waals surface area contributed by atoms with Crippen molar-refractivity contribution in [3.8, 4) is 0 Å². The maximum absolute atomic E-state index is 12.4. The number of sulfonamides is 2. The number of nitrogens with zero attached hydrogens (tertiary/aromatic N) is 2. The Balaban J connectivity index is 0.000000200. The molecule has 0 bridgehead atoms. The first-order chi connectivity index (χ1) is 21.9. The zero-order chi connectivity index (χ0) is 33.7. The normalized spacial score (nSPS) is 21.7. The lowest BCUT2D eigenvalue weighted by atomic mass is 10.2. The van der Waals surface area contributed by atoms with Crippen LogP contribution in [0.1, 0.15) is 49.7 Å². The first-order valence-corrected chi connectivity index (χ1v) is 18.3. The number of hydrogen-bond acceptors (Lipinski definition) is 10. The number of carboxylic acid groups (broad SMARTS) is 1. The standard InChI is InChI=1S/C13H17NO4S.C12H15NO4S.C6H11NO2/c1-18-13(15)12-8-5-9-14(12)19(16,17)10-11-6-3-2-4-7-11;14-12(15)11-7-4-8-13(11)18(16,17)9-10-5-2-1-3-6-10;1-9-6(8)5-3-2-4-7-5/h2-4,6-7,12H,5,8-10H2,1H3;1-3,5-6,11H,4,7-9H2,(H,14,15);5,7H,2-4H2,1H3. The van der Waals surface area contributed by atoms with Crippen molar-refractivity contribution in [1.29, 1.82) is 0 Å². The highest BCUT2D eigenvalue weighted by Gasteiger charge is 2.40. The first-order valence-electron chi connectivity index (χ1n) is 15.1. The molecule has 254 valence electrons. The number of methoxy groups -OCH3 is 2. The minimum absolute atomic E-state index is 0.0324. The summed E-state index contributed by atoms with van der Waals surface area (Å²) in [5, 5.41) is 12.0. The molecule has 0 radical (unpaired) electrons. The average Bonchev–Trinajstić information content (AvgIpc) is 3.84. The summed E-state index contributed by atoms with van der Waals surface area (Å²) < 4.78 is 60.6. The van der Waals surface area contributed by atoms with E-state index in [1.54, 1.807) is 48.5 Å². The number of carbonyl (C=O) groups excluding carboxylic acids is 2. The van der Waals surface area contributed by atoms with Crippen molar-refractivity contribution in [2.24, 2.45) is 0 Å². The van der Waals surface area contributed by atoms with Crippen molar-refractivity contribution in [3.63, 3.8) is 0 Å². The van der Waals surface area contributed by atoms with Crippen molar-refractivity contribution in [3.05, 3.63) is 71.8 Å². The third-order valence-electron chi connectivity index (χ3n) is 7.81. The average molecular weight is 682 g/mol. The van der Waals surface area contributed by atoms with Crippen molar-refractivity contribution in [1.82, 2.24) is 13.9 Å². The Labute approximate surface area is 271 Å². The Morgan fingerprint density at radius 2 is 1.17 bits per heavy atom. The van der Waals surface area contributed by atoms with Gasteiger partial charge >= 0.3 is 17.9 Å². The van der Waals surface area contributed by atoms with E-state index in [1.807, 2.05) is 12.1 Å². The van der Waals surface area contributed by atoms with E-state index in [0.29, 0.717) is 44.3 Å². The van der Waals surface area contributed by atoms with Gasteiger partial charge in [-0.15, -0.1) is 0 Å². The van der Waals surface area contributed by atoms with E-state index >= 15 is 0 Å². The van der Waals surface area contributed by atoms with Crippen LogP contribution in [0.2, 0.25) is 0 Å². The van der Waals surface area contributed by atoms with E-state index in [4.69, 9.17) is 5.11 Å². The van der Waals surface area contributed by atoms with E-state index in [0.717, 1.165) is 29.3 Å². The summed E-state index contributed by atoms with van der Waals surface area (Å²) in [6.07, 6.45) is 4.22. The fourth-order valence-corrected chi connectivity index (χ4v) is 9.06. The Morgan fingerprint density at radius 1 is 0.717 bits per heavy atom. The van der Waals surface area contributed by atoms with Crippen LogP contribution < -0.4 is 5.32 Å². The van der Waals surface area contributed by atoms with Crippen molar-refractivity contribution in [2.75, 3.05) is 33.9 Å². The molecule has 3 unspecified atom stereocenters. The molecule has 3 saturated heterocycles. The monoisotopic (exact) mass is 681 g/mol. The predicted molar refractivity (Wildman–Crippen MR) is 170 cm³/mol. The molecule has 0 aliphatic carbocycles. The molecule has 0 saturated carbocycles. The summed E-state index contributed by atoms with van der Waals surface area (Å²) in [6, 6.07) is 16.2. The van der Waals surface area contributed by atoms with Gasteiger partial charge in [0.1, 0.15) is 18.1 Å². The molecule has 0 amide bonds. The van der Waals surface area contributed by atoms with E-state index < -0.39 is 44.1 Å². The number of rotatable bonds is 9. The van der Waals surface area contributed by atoms with E-state index in [2.05, 4.69) is 14.8 Å². The van der Waals surface area contributed by atoms with Gasteiger partial charge in [0.05, 0.1) is 25.7 Å². The third kappa shape index (κ3) is 10.6. The highest BCUT2D eigenvalue weighted by atomic mass is 32.2. The van der Waals surface area contributed by atoms with Crippen LogP contribution in [0, 0.1) is 0 Å². The molecule has 0 aromatic heterocycles. The van der Waals surface area contributed by atoms with Crippen LogP contribution in [0.5, 0.6) is 0 Å². The van der Waals surface area contributed by atoms with Crippen LogP contribution in [-0.2, 0) is 55.4 Å². The van der Waals surface area contributed by atoms with Gasteiger partial charge in [0.15, 0.2) is 0 Å².